The highest BCUT2D eigenvalue weighted by molar-refractivity contribution is 7.11. The van der Waals surface area contributed by atoms with E-state index in [0.717, 1.165) is 0 Å². The summed E-state index contributed by atoms with van der Waals surface area (Å²) in [5.41, 5.74) is 0.733. The Morgan fingerprint density at radius 2 is 2.17 bits per heavy atom. The van der Waals surface area contributed by atoms with E-state index in [2.05, 4.69) is 15.3 Å². The predicted molar refractivity (Wildman–Crippen MR) is 128 cm³/mol. The van der Waals surface area contributed by atoms with Gasteiger partial charge in [-0.05, 0) is 18.8 Å². The first-order valence-electron chi connectivity index (χ1n) is 11.7. The van der Waals surface area contributed by atoms with Crippen molar-refractivity contribution < 1.29 is 23.1 Å². The molecule has 192 valence electrons. The molecule has 12 heteroatoms. The second-order valence-electron chi connectivity index (χ2n) is 10.2. The minimum absolute atomic E-state index is 0.0584. The van der Waals surface area contributed by atoms with Crippen LogP contribution in [0.1, 0.15) is 39.1 Å². The van der Waals surface area contributed by atoms with Crippen molar-refractivity contribution in [2.24, 2.45) is 10.4 Å². The van der Waals surface area contributed by atoms with Crippen LogP contribution in [0.15, 0.2) is 27.8 Å². The zero-order valence-corrected chi connectivity index (χ0v) is 21.3. The summed E-state index contributed by atoms with van der Waals surface area (Å²) >= 11 is 1.39. The standard InChI is InChI=1S/C23H32F2N6O3S/c1-5-34-21(33)15-10-27-19(20-26-7-9-35-20)28-16(15)11-29-13-23(24,25)18-17(29)12-30(14-32)31(18)8-6-22(2,3)4/h7,9,14,17-18H,5-6,8,10-13H2,1-4H3,(H,27,28). The molecule has 0 aromatic carbocycles. The molecule has 2 unspecified atom stereocenters. The van der Waals surface area contributed by atoms with Crippen LogP contribution in [0, 0.1) is 5.41 Å². The molecule has 3 aliphatic rings. The van der Waals surface area contributed by atoms with Gasteiger partial charge in [0.1, 0.15) is 6.04 Å². The number of thiazole rings is 1. The number of aliphatic imine (C=N–C) groups is 1. The fraction of sp³-hybridized carbons (Fsp3) is 0.652. The molecule has 2 fully saturated rings. The average Bonchev–Trinajstić information content (AvgIpc) is 3.49. The van der Waals surface area contributed by atoms with Crippen molar-refractivity contribution in [1.82, 2.24) is 25.2 Å². The third-order valence-electron chi connectivity index (χ3n) is 6.46. The van der Waals surface area contributed by atoms with Crippen LogP contribution in [0.4, 0.5) is 8.78 Å². The Balaban J connectivity index is 1.59. The Morgan fingerprint density at radius 3 is 2.80 bits per heavy atom. The Kier molecular flexibility index (Phi) is 7.26. The number of hydrogen-bond acceptors (Lipinski definition) is 9. The first-order chi connectivity index (χ1) is 16.5. The number of rotatable bonds is 8. The number of halogens is 2. The summed E-state index contributed by atoms with van der Waals surface area (Å²) < 4.78 is 35.9. The fourth-order valence-corrected chi connectivity index (χ4v) is 5.36. The number of carbonyl (C=O) groups is 2. The lowest BCUT2D eigenvalue weighted by molar-refractivity contribution is -0.143. The zero-order chi connectivity index (χ0) is 25.4. The number of amides is 1. The van der Waals surface area contributed by atoms with Crippen molar-refractivity contribution in [1.29, 1.82) is 0 Å². The van der Waals surface area contributed by atoms with E-state index in [0.29, 0.717) is 41.5 Å². The van der Waals surface area contributed by atoms with E-state index in [1.165, 1.54) is 21.4 Å². The minimum atomic E-state index is -3.02. The molecule has 0 bridgehead atoms. The van der Waals surface area contributed by atoms with E-state index in [9.17, 15) is 9.59 Å². The van der Waals surface area contributed by atoms with E-state index in [4.69, 9.17) is 4.74 Å². The summed E-state index contributed by atoms with van der Waals surface area (Å²) in [4.78, 5) is 34.8. The normalized spacial score (nSPS) is 24.9. The number of alkyl halides is 2. The van der Waals surface area contributed by atoms with Gasteiger partial charge in [0.05, 0.1) is 37.9 Å². The monoisotopic (exact) mass is 510 g/mol. The summed E-state index contributed by atoms with van der Waals surface area (Å²) in [6, 6.07) is -1.69. The van der Waals surface area contributed by atoms with Gasteiger partial charge in [0.15, 0.2) is 10.8 Å². The Labute approximate surface area is 207 Å². The topological polar surface area (TPSA) is 90.4 Å². The van der Waals surface area contributed by atoms with Gasteiger partial charge in [0, 0.05) is 30.4 Å². The Bertz CT molecular complexity index is 1010. The molecule has 1 aromatic rings. The van der Waals surface area contributed by atoms with Crippen LogP contribution >= 0.6 is 11.3 Å². The third-order valence-corrected chi connectivity index (χ3v) is 7.24. The number of ether oxygens (including phenoxy) is 1. The smallest absolute Gasteiger partial charge is 0.337 e. The number of esters is 1. The number of hydrazine groups is 1. The quantitative estimate of drug-likeness (QED) is 0.423. The first kappa shape index (κ1) is 25.6. The summed E-state index contributed by atoms with van der Waals surface area (Å²) in [5, 5.41) is 8.52. The highest BCUT2D eigenvalue weighted by Gasteiger charge is 2.61. The molecule has 0 saturated carbocycles. The van der Waals surface area contributed by atoms with Crippen LogP contribution in [0.5, 0.6) is 0 Å². The van der Waals surface area contributed by atoms with Crippen molar-refractivity contribution >= 4 is 29.6 Å². The number of fused-ring (bicyclic) bond motifs is 1. The van der Waals surface area contributed by atoms with Crippen molar-refractivity contribution in [3.05, 3.63) is 27.9 Å². The molecule has 9 nitrogen and oxygen atoms in total. The van der Waals surface area contributed by atoms with Gasteiger partial charge in [0.25, 0.3) is 5.92 Å². The van der Waals surface area contributed by atoms with E-state index < -0.39 is 30.5 Å². The summed E-state index contributed by atoms with van der Waals surface area (Å²) in [5.74, 6) is -3.04. The largest absolute Gasteiger partial charge is 0.463 e. The number of nitrogens with zero attached hydrogens (tertiary/aromatic N) is 5. The fourth-order valence-electron chi connectivity index (χ4n) is 4.76. The van der Waals surface area contributed by atoms with Crippen LogP contribution in [0.2, 0.25) is 0 Å². The number of carbonyl (C=O) groups excluding carboxylic acids is 2. The lowest BCUT2D eigenvalue weighted by Gasteiger charge is -2.33. The number of hydrogen-bond donors (Lipinski definition) is 1. The van der Waals surface area contributed by atoms with Gasteiger partial charge >= 0.3 is 5.97 Å². The van der Waals surface area contributed by atoms with Gasteiger partial charge in [-0.3, -0.25) is 19.7 Å². The van der Waals surface area contributed by atoms with E-state index in [1.54, 1.807) is 18.0 Å². The maximum atomic E-state index is 15.4. The van der Waals surface area contributed by atoms with Gasteiger partial charge in [-0.1, -0.05) is 20.8 Å². The number of nitrogens with one attached hydrogen (secondary N) is 1. The number of aromatic nitrogens is 1. The van der Waals surface area contributed by atoms with Gasteiger partial charge < -0.3 is 10.1 Å². The van der Waals surface area contributed by atoms with Gasteiger partial charge in [-0.2, -0.15) is 0 Å². The highest BCUT2D eigenvalue weighted by atomic mass is 32.1. The molecule has 1 aromatic heterocycles. The van der Waals surface area contributed by atoms with Crippen LogP contribution in [-0.2, 0) is 14.3 Å². The molecular weight excluding hydrogens is 478 g/mol. The maximum Gasteiger partial charge on any atom is 0.337 e. The number of amidine groups is 1. The van der Waals surface area contributed by atoms with Crippen LogP contribution in [0.3, 0.4) is 0 Å². The van der Waals surface area contributed by atoms with Crippen LogP contribution in [0.25, 0.3) is 0 Å². The first-order valence-corrected chi connectivity index (χ1v) is 12.6. The van der Waals surface area contributed by atoms with Crippen molar-refractivity contribution in [3.8, 4) is 0 Å². The summed E-state index contributed by atoms with van der Waals surface area (Å²) in [6.45, 7) is 8.27. The maximum absolute atomic E-state index is 15.4. The van der Waals surface area contributed by atoms with Gasteiger partial charge in [-0.15, -0.1) is 11.3 Å². The highest BCUT2D eigenvalue weighted by Crippen LogP contribution is 2.41. The van der Waals surface area contributed by atoms with E-state index >= 15 is 8.78 Å². The zero-order valence-electron chi connectivity index (χ0n) is 20.5. The molecule has 1 amide bonds. The third kappa shape index (κ3) is 5.39. The van der Waals surface area contributed by atoms with Crippen molar-refractivity contribution in [2.45, 2.75) is 52.1 Å². The van der Waals surface area contributed by atoms with Crippen molar-refractivity contribution in [2.75, 3.05) is 39.3 Å². The second kappa shape index (κ2) is 9.90. The molecule has 0 spiro atoms. The van der Waals surface area contributed by atoms with E-state index in [-0.39, 0.29) is 31.7 Å². The lowest BCUT2D eigenvalue weighted by atomic mass is 9.92. The van der Waals surface area contributed by atoms with Gasteiger partial charge in [0.2, 0.25) is 6.41 Å². The minimum Gasteiger partial charge on any atom is -0.463 e. The Hall–Kier alpha value is -2.44. The SMILES string of the molecule is CCOC(=O)C1=C(CN2CC(F)(F)C3C2CN(C=O)N3CCC(C)(C)C)NC(c2nccs2)=NC1. The van der Waals surface area contributed by atoms with E-state index in [1.807, 2.05) is 26.2 Å². The summed E-state index contributed by atoms with van der Waals surface area (Å²) in [6.07, 6.45) is 2.95. The molecule has 0 aliphatic carbocycles. The molecule has 2 atom stereocenters. The number of likely N-dealkylation sites (tertiary alicyclic amines) is 1. The average molecular weight is 511 g/mol. The van der Waals surface area contributed by atoms with Crippen molar-refractivity contribution in [3.63, 3.8) is 0 Å². The van der Waals surface area contributed by atoms with Crippen LogP contribution in [-0.4, -0.2) is 95.5 Å². The summed E-state index contributed by atoms with van der Waals surface area (Å²) in [7, 11) is 0. The molecule has 4 heterocycles. The molecule has 0 radical (unpaired) electrons. The second-order valence-corrected chi connectivity index (χ2v) is 11.1. The molecule has 4 rings (SSSR count). The molecule has 35 heavy (non-hydrogen) atoms. The molecule has 2 saturated heterocycles. The predicted octanol–water partition coefficient (Wildman–Crippen LogP) is 2.12. The Morgan fingerprint density at radius 1 is 1.40 bits per heavy atom. The molecular formula is C23H32F2N6O3S. The molecule has 1 N–H and O–H groups in total. The van der Waals surface area contributed by atoms with Gasteiger partial charge in [-0.25, -0.2) is 23.6 Å². The molecule has 3 aliphatic heterocycles. The lowest BCUT2D eigenvalue weighted by Crippen LogP contribution is -2.50. The van der Waals surface area contributed by atoms with Crippen LogP contribution < -0.4 is 5.32 Å².